The lowest BCUT2D eigenvalue weighted by molar-refractivity contribution is -0.132. The number of aryl methyl sites for hydroxylation is 1. The van der Waals surface area contributed by atoms with Crippen molar-refractivity contribution in [2.45, 2.75) is 13.0 Å². The first-order chi connectivity index (χ1) is 18.7. The van der Waals surface area contributed by atoms with E-state index in [0.717, 1.165) is 10.3 Å². The second kappa shape index (κ2) is 10.4. The monoisotopic (exact) mass is 584 g/mol. The van der Waals surface area contributed by atoms with Gasteiger partial charge in [-0.25, -0.2) is 4.98 Å². The fraction of sp³-hybridized carbons (Fsp3) is 0.179. The second-order valence-corrected chi connectivity index (χ2v) is 10.5. The van der Waals surface area contributed by atoms with Crippen LogP contribution in [0.4, 0.5) is 5.13 Å². The molecule has 2 heterocycles. The van der Waals surface area contributed by atoms with Gasteiger partial charge in [-0.1, -0.05) is 52.7 Å². The van der Waals surface area contributed by atoms with Gasteiger partial charge in [0.25, 0.3) is 5.78 Å². The third kappa shape index (κ3) is 4.46. The smallest absolute Gasteiger partial charge is 0.301 e. The summed E-state index contributed by atoms with van der Waals surface area (Å²) in [5.74, 6) is -1.58. The van der Waals surface area contributed by atoms with Crippen LogP contribution in [0.2, 0.25) is 10.0 Å². The summed E-state index contributed by atoms with van der Waals surface area (Å²) in [4.78, 5) is 33.1. The molecule has 200 valence electrons. The molecule has 3 aromatic carbocycles. The van der Waals surface area contributed by atoms with Crippen molar-refractivity contribution in [3.63, 3.8) is 0 Å². The largest absolute Gasteiger partial charge is 0.507 e. The van der Waals surface area contributed by atoms with Gasteiger partial charge in [-0.2, -0.15) is 0 Å². The number of anilines is 1. The highest BCUT2D eigenvalue weighted by Gasteiger charge is 2.48. The van der Waals surface area contributed by atoms with E-state index in [1.807, 2.05) is 25.1 Å². The average Bonchev–Trinajstić information content (AvgIpc) is 3.45. The lowest BCUT2D eigenvalue weighted by atomic mass is 9.95. The van der Waals surface area contributed by atoms with Gasteiger partial charge in [0.1, 0.15) is 16.5 Å². The number of rotatable bonds is 6. The maximum absolute atomic E-state index is 13.6. The molecular formula is C28H22Cl2N2O6S. The molecule has 1 aromatic heterocycles. The topological polar surface area (TPSA) is 98.2 Å². The van der Waals surface area contributed by atoms with E-state index in [1.165, 1.54) is 43.6 Å². The Morgan fingerprint density at radius 1 is 1.00 bits per heavy atom. The summed E-state index contributed by atoms with van der Waals surface area (Å²) in [6, 6.07) is 13.0. The predicted molar refractivity (Wildman–Crippen MR) is 152 cm³/mol. The first kappa shape index (κ1) is 26.8. The lowest BCUT2D eigenvalue weighted by Crippen LogP contribution is -2.29. The van der Waals surface area contributed by atoms with E-state index in [0.29, 0.717) is 22.0 Å². The third-order valence-corrected chi connectivity index (χ3v) is 8.03. The molecule has 1 unspecified atom stereocenters. The Morgan fingerprint density at radius 2 is 1.74 bits per heavy atom. The van der Waals surface area contributed by atoms with E-state index >= 15 is 0 Å². The van der Waals surface area contributed by atoms with E-state index in [1.54, 1.807) is 24.3 Å². The van der Waals surface area contributed by atoms with Crippen LogP contribution in [0.5, 0.6) is 17.2 Å². The average molecular weight is 585 g/mol. The zero-order valence-corrected chi connectivity index (χ0v) is 23.6. The van der Waals surface area contributed by atoms with Gasteiger partial charge in [0.05, 0.1) is 53.7 Å². The maximum atomic E-state index is 13.6. The molecule has 0 radical (unpaired) electrons. The molecule has 1 amide bonds. The van der Waals surface area contributed by atoms with Gasteiger partial charge < -0.3 is 19.3 Å². The van der Waals surface area contributed by atoms with Crippen LogP contribution in [0.25, 0.3) is 16.0 Å². The van der Waals surface area contributed by atoms with Crippen molar-refractivity contribution in [1.29, 1.82) is 0 Å². The van der Waals surface area contributed by atoms with Crippen LogP contribution in [0.1, 0.15) is 22.7 Å². The third-order valence-electron chi connectivity index (χ3n) is 6.39. The van der Waals surface area contributed by atoms with Crippen molar-refractivity contribution in [3.8, 4) is 17.2 Å². The standard InChI is InChI=1S/C28H22Cl2N2O6S/c1-13-8-9-18-19(10-13)39-28(31-18)32-22(14-6-5-7-15(11-14)36-2)20(24(34)27(32)35)23(33)16-12-17(29)26(38-4)21(30)25(16)37-3/h5-12,22,33H,1-4H3/b23-20+. The number of hydrogen-bond acceptors (Lipinski definition) is 8. The van der Waals surface area contributed by atoms with Gasteiger partial charge >= 0.3 is 5.91 Å². The van der Waals surface area contributed by atoms with Crippen molar-refractivity contribution in [2.75, 3.05) is 26.2 Å². The van der Waals surface area contributed by atoms with Crippen LogP contribution in [-0.4, -0.2) is 43.1 Å². The van der Waals surface area contributed by atoms with Crippen molar-refractivity contribution in [2.24, 2.45) is 0 Å². The summed E-state index contributed by atoms with van der Waals surface area (Å²) in [5.41, 5.74) is 2.08. The van der Waals surface area contributed by atoms with Gasteiger partial charge in [0, 0.05) is 0 Å². The number of fused-ring (bicyclic) bond motifs is 1. The first-order valence-corrected chi connectivity index (χ1v) is 13.2. The fourth-order valence-electron chi connectivity index (χ4n) is 4.57. The number of ether oxygens (including phenoxy) is 3. The van der Waals surface area contributed by atoms with E-state index < -0.39 is 23.5 Å². The minimum Gasteiger partial charge on any atom is -0.507 e. The highest BCUT2D eigenvalue weighted by molar-refractivity contribution is 7.22. The molecule has 0 saturated carbocycles. The molecule has 0 bridgehead atoms. The number of aliphatic hydroxyl groups excluding tert-OH is 1. The Hall–Kier alpha value is -3.79. The number of benzene rings is 3. The number of aliphatic hydroxyl groups is 1. The molecular weight excluding hydrogens is 563 g/mol. The molecule has 1 aliphatic rings. The minimum absolute atomic E-state index is 0.00255. The van der Waals surface area contributed by atoms with Crippen molar-refractivity contribution < 1.29 is 28.9 Å². The van der Waals surface area contributed by atoms with Crippen molar-refractivity contribution in [3.05, 3.63) is 80.8 Å². The summed E-state index contributed by atoms with van der Waals surface area (Å²) in [6.45, 7) is 1.96. The maximum Gasteiger partial charge on any atom is 0.301 e. The zero-order chi connectivity index (χ0) is 28.0. The Kier molecular flexibility index (Phi) is 7.15. The molecule has 0 spiro atoms. The summed E-state index contributed by atoms with van der Waals surface area (Å²) >= 11 is 14.1. The number of ketones is 1. The van der Waals surface area contributed by atoms with E-state index in [-0.39, 0.29) is 32.7 Å². The molecule has 1 fully saturated rings. The molecule has 0 aliphatic carbocycles. The minimum atomic E-state index is -1.04. The number of hydrogen-bond donors (Lipinski definition) is 1. The number of halogens is 2. The van der Waals surface area contributed by atoms with E-state index in [4.69, 9.17) is 37.4 Å². The van der Waals surface area contributed by atoms with Gasteiger partial charge in [-0.05, 0) is 48.4 Å². The van der Waals surface area contributed by atoms with Gasteiger partial charge in [-0.15, -0.1) is 0 Å². The lowest BCUT2D eigenvalue weighted by Gasteiger charge is -2.23. The number of amides is 1. The number of aromatic nitrogens is 1. The summed E-state index contributed by atoms with van der Waals surface area (Å²) in [5, 5.41) is 12.0. The SMILES string of the molecule is COc1cccc(C2/C(=C(\O)c3cc(Cl)c(OC)c(Cl)c3OC)C(=O)C(=O)N2c2nc3ccc(C)cc3s2)c1. The summed E-state index contributed by atoms with van der Waals surface area (Å²) in [7, 11) is 4.25. The van der Waals surface area contributed by atoms with Gasteiger partial charge in [-0.3, -0.25) is 14.5 Å². The molecule has 5 rings (SSSR count). The number of carbonyl (C=O) groups is 2. The quantitative estimate of drug-likeness (QED) is 0.155. The Labute approximate surface area is 238 Å². The van der Waals surface area contributed by atoms with Gasteiger partial charge in [0.15, 0.2) is 16.6 Å². The molecule has 1 aliphatic heterocycles. The molecule has 39 heavy (non-hydrogen) atoms. The van der Waals surface area contributed by atoms with Crippen LogP contribution in [0.3, 0.4) is 0 Å². The summed E-state index contributed by atoms with van der Waals surface area (Å²) in [6.07, 6.45) is 0. The Morgan fingerprint density at radius 3 is 2.44 bits per heavy atom. The van der Waals surface area contributed by atoms with E-state index in [2.05, 4.69) is 4.98 Å². The molecule has 1 saturated heterocycles. The number of thiazole rings is 1. The van der Waals surface area contributed by atoms with Crippen molar-refractivity contribution in [1.82, 2.24) is 4.98 Å². The predicted octanol–water partition coefficient (Wildman–Crippen LogP) is 6.56. The number of nitrogens with zero attached hydrogens (tertiary/aromatic N) is 2. The normalized spacial score (nSPS) is 16.7. The van der Waals surface area contributed by atoms with Gasteiger partial charge in [0.2, 0.25) is 0 Å². The molecule has 11 heteroatoms. The second-order valence-electron chi connectivity index (χ2n) is 8.70. The highest BCUT2D eigenvalue weighted by atomic mass is 35.5. The molecule has 4 aromatic rings. The van der Waals surface area contributed by atoms with Crippen molar-refractivity contribution >= 4 is 67.3 Å². The van der Waals surface area contributed by atoms with Crippen LogP contribution in [0.15, 0.2) is 54.1 Å². The zero-order valence-electron chi connectivity index (χ0n) is 21.2. The number of methoxy groups -OCH3 is 3. The molecule has 1 N–H and O–H groups in total. The number of carbonyl (C=O) groups excluding carboxylic acids is 2. The van der Waals surface area contributed by atoms with Crippen LogP contribution in [-0.2, 0) is 9.59 Å². The molecule has 8 nitrogen and oxygen atoms in total. The Balaban J connectivity index is 1.79. The Bertz CT molecular complexity index is 1680. The number of Topliss-reactive ketones (excluding diaryl/α,β-unsaturated/α-hetero) is 1. The highest BCUT2D eigenvalue weighted by Crippen LogP contribution is 2.49. The van der Waals surface area contributed by atoms with Crippen LogP contribution in [0, 0.1) is 6.92 Å². The van der Waals surface area contributed by atoms with Crippen LogP contribution >= 0.6 is 34.5 Å². The van der Waals surface area contributed by atoms with E-state index in [9.17, 15) is 14.7 Å². The van der Waals surface area contributed by atoms with Crippen LogP contribution < -0.4 is 19.1 Å². The first-order valence-electron chi connectivity index (χ1n) is 11.6. The summed E-state index contributed by atoms with van der Waals surface area (Å²) < 4.78 is 17.0. The fourth-order valence-corrected chi connectivity index (χ4v) is 6.35. The molecule has 1 atom stereocenters.